The van der Waals surface area contributed by atoms with Crippen molar-refractivity contribution in [3.63, 3.8) is 0 Å². The smallest absolute Gasteiger partial charge is 0.00959 e. The van der Waals surface area contributed by atoms with Gasteiger partial charge in [0.05, 0.1) is 0 Å². The van der Waals surface area contributed by atoms with Crippen molar-refractivity contribution >= 4 is 11.8 Å². The molecule has 4 atom stereocenters. The van der Waals surface area contributed by atoms with Gasteiger partial charge in [-0.05, 0) is 49.1 Å². The minimum atomic E-state index is 0.709. The van der Waals surface area contributed by atoms with E-state index in [1.807, 2.05) is 0 Å². The second-order valence-electron chi connectivity index (χ2n) is 6.54. The van der Waals surface area contributed by atoms with E-state index >= 15 is 0 Å². The largest absolute Gasteiger partial charge is 0.330 e. The Hall–Kier alpha value is -0.470. The van der Waals surface area contributed by atoms with Gasteiger partial charge in [0.1, 0.15) is 0 Å². The zero-order valence-corrected chi connectivity index (χ0v) is 13.9. The van der Waals surface area contributed by atoms with Crippen molar-refractivity contribution < 1.29 is 0 Å². The van der Waals surface area contributed by atoms with Gasteiger partial charge in [-0.3, -0.25) is 0 Å². The standard InChI is InChI=1S/C18H29NS/c1-13(2)14(3)20-18-11-16(9-10-17(18)12-19)15-7-5-4-6-8-15/h4-8,13-14,16-18H,9-12,19H2,1-3H3. The first-order valence-corrected chi connectivity index (χ1v) is 8.96. The normalized spacial score (nSPS) is 28.6. The Labute approximate surface area is 128 Å². The molecule has 0 aromatic heterocycles. The van der Waals surface area contributed by atoms with E-state index in [4.69, 9.17) is 5.73 Å². The quantitative estimate of drug-likeness (QED) is 0.852. The fourth-order valence-electron chi connectivity index (χ4n) is 3.09. The van der Waals surface area contributed by atoms with Crippen LogP contribution in [0.3, 0.4) is 0 Å². The summed E-state index contributed by atoms with van der Waals surface area (Å²) in [5.74, 6) is 2.19. The summed E-state index contributed by atoms with van der Waals surface area (Å²) >= 11 is 2.18. The van der Waals surface area contributed by atoms with Crippen molar-refractivity contribution in [1.29, 1.82) is 0 Å². The lowest BCUT2D eigenvalue weighted by atomic mass is 9.78. The minimum Gasteiger partial charge on any atom is -0.330 e. The van der Waals surface area contributed by atoms with Crippen LogP contribution in [0, 0.1) is 11.8 Å². The maximum absolute atomic E-state index is 6.02. The van der Waals surface area contributed by atoms with E-state index < -0.39 is 0 Å². The molecular formula is C18H29NS. The zero-order valence-electron chi connectivity index (χ0n) is 13.1. The van der Waals surface area contributed by atoms with Crippen molar-refractivity contribution in [2.75, 3.05) is 6.54 Å². The summed E-state index contributed by atoms with van der Waals surface area (Å²) in [6.07, 6.45) is 3.89. The van der Waals surface area contributed by atoms with Crippen LogP contribution in [-0.4, -0.2) is 17.0 Å². The molecule has 2 heteroatoms. The summed E-state index contributed by atoms with van der Waals surface area (Å²) in [4.78, 5) is 0. The maximum Gasteiger partial charge on any atom is 0.00959 e. The molecule has 1 nitrogen and oxygen atoms in total. The Morgan fingerprint density at radius 1 is 1.15 bits per heavy atom. The average Bonchev–Trinajstić information content (AvgIpc) is 2.48. The first-order valence-electron chi connectivity index (χ1n) is 8.02. The van der Waals surface area contributed by atoms with Crippen molar-refractivity contribution in [3.05, 3.63) is 35.9 Å². The Balaban J connectivity index is 2.03. The van der Waals surface area contributed by atoms with E-state index in [1.54, 1.807) is 0 Å². The van der Waals surface area contributed by atoms with E-state index in [2.05, 4.69) is 62.9 Å². The summed E-state index contributed by atoms with van der Waals surface area (Å²) < 4.78 is 0. The van der Waals surface area contributed by atoms with Gasteiger partial charge >= 0.3 is 0 Å². The van der Waals surface area contributed by atoms with Crippen LogP contribution in [0.15, 0.2) is 30.3 Å². The van der Waals surface area contributed by atoms with Crippen LogP contribution in [0.2, 0.25) is 0 Å². The highest BCUT2D eigenvalue weighted by Gasteiger charge is 2.32. The topological polar surface area (TPSA) is 26.0 Å². The number of hydrogen-bond donors (Lipinski definition) is 1. The van der Waals surface area contributed by atoms with Crippen LogP contribution in [0.25, 0.3) is 0 Å². The van der Waals surface area contributed by atoms with Crippen molar-refractivity contribution in [3.8, 4) is 0 Å². The summed E-state index contributed by atoms with van der Waals surface area (Å²) in [6, 6.07) is 11.0. The van der Waals surface area contributed by atoms with Crippen LogP contribution < -0.4 is 5.73 Å². The van der Waals surface area contributed by atoms with Crippen LogP contribution in [0.5, 0.6) is 0 Å². The van der Waals surface area contributed by atoms with E-state index in [0.717, 1.165) is 28.9 Å². The van der Waals surface area contributed by atoms with Crippen LogP contribution in [0.4, 0.5) is 0 Å². The van der Waals surface area contributed by atoms with Crippen LogP contribution in [-0.2, 0) is 0 Å². The van der Waals surface area contributed by atoms with Crippen molar-refractivity contribution in [2.24, 2.45) is 17.6 Å². The molecule has 0 bridgehead atoms. The zero-order chi connectivity index (χ0) is 14.5. The molecule has 1 aromatic rings. The molecule has 0 spiro atoms. The fourth-order valence-corrected chi connectivity index (χ4v) is 4.77. The predicted molar refractivity (Wildman–Crippen MR) is 91.3 cm³/mol. The molecule has 1 fully saturated rings. The second-order valence-corrected chi connectivity index (χ2v) is 8.16. The molecule has 0 heterocycles. The van der Waals surface area contributed by atoms with Gasteiger partial charge in [0, 0.05) is 10.5 Å². The second kappa shape index (κ2) is 7.51. The van der Waals surface area contributed by atoms with Crippen molar-refractivity contribution in [2.45, 2.75) is 56.5 Å². The molecule has 1 saturated carbocycles. The number of rotatable bonds is 5. The number of hydrogen-bond acceptors (Lipinski definition) is 2. The fraction of sp³-hybridized carbons (Fsp3) is 0.667. The highest BCUT2D eigenvalue weighted by atomic mass is 32.2. The summed E-state index contributed by atoms with van der Waals surface area (Å²) in [5, 5.41) is 1.46. The molecular weight excluding hydrogens is 262 g/mol. The average molecular weight is 292 g/mol. The Morgan fingerprint density at radius 3 is 2.45 bits per heavy atom. The molecule has 2 N–H and O–H groups in total. The maximum atomic E-state index is 6.02. The molecule has 0 radical (unpaired) electrons. The molecule has 0 amide bonds. The molecule has 1 aliphatic carbocycles. The minimum absolute atomic E-state index is 0.709. The monoisotopic (exact) mass is 291 g/mol. The van der Waals surface area contributed by atoms with Gasteiger partial charge < -0.3 is 5.73 Å². The van der Waals surface area contributed by atoms with Gasteiger partial charge in [0.2, 0.25) is 0 Å². The van der Waals surface area contributed by atoms with Gasteiger partial charge in [-0.1, -0.05) is 51.1 Å². The Bertz CT molecular complexity index is 390. The lowest BCUT2D eigenvalue weighted by Gasteiger charge is -2.37. The van der Waals surface area contributed by atoms with Gasteiger partial charge in [0.25, 0.3) is 0 Å². The van der Waals surface area contributed by atoms with E-state index in [-0.39, 0.29) is 0 Å². The first-order chi connectivity index (χ1) is 9.61. The van der Waals surface area contributed by atoms with Gasteiger partial charge in [0.15, 0.2) is 0 Å². The van der Waals surface area contributed by atoms with Gasteiger partial charge in [-0.2, -0.15) is 11.8 Å². The van der Waals surface area contributed by atoms with E-state index in [1.165, 1.54) is 24.8 Å². The lowest BCUT2D eigenvalue weighted by molar-refractivity contribution is 0.342. The summed E-state index contributed by atoms with van der Waals surface area (Å²) in [7, 11) is 0. The predicted octanol–water partition coefficient (Wildman–Crippen LogP) is 4.68. The van der Waals surface area contributed by atoms with Crippen LogP contribution >= 0.6 is 11.8 Å². The first kappa shape index (κ1) is 15.9. The Morgan fingerprint density at radius 2 is 1.85 bits per heavy atom. The summed E-state index contributed by atoms with van der Waals surface area (Å²) in [5.41, 5.74) is 7.54. The number of thioether (sulfide) groups is 1. The van der Waals surface area contributed by atoms with Gasteiger partial charge in [-0.15, -0.1) is 0 Å². The molecule has 1 aromatic carbocycles. The SMILES string of the molecule is CC(C)C(C)SC1CC(c2ccccc2)CCC1CN. The van der Waals surface area contributed by atoms with E-state index in [9.17, 15) is 0 Å². The molecule has 1 aliphatic rings. The molecule has 112 valence electrons. The number of benzene rings is 1. The molecule has 20 heavy (non-hydrogen) atoms. The molecule has 4 unspecified atom stereocenters. The highest BCUT2D eigenvalue weighted by Crippen LogP contribution is 2.43. The van der Waals surface area contributed by atoms with Crippen molar-refractivity contribution in [1.82, 2.24) is 0 Å². The lowest BCUT2D eigenvalue weighted by Crippen LogP contribution is -2.33. The van der Waals surface area contributed by atoms with Crippen LogP contribution in [0.1, 0.15) is 51.5 Å². The molecule has 2 rings (SSSR count). The molecule has 0 aliphatic heterocycles. The third-order valence-corrected chi connectivity index (χ3v) is 6.73. The van der Waals surface area contributed by atoms with E-state index in [0.29, 0.717) is 5.92 Å². The van der Waals surface area contributed by atoms with Gasteiger partial charge in [-0.25, -0.2) is 0 Å². The highest BCUT2D eigenvalue weighted by molar-refractivity contribution is 8.00. The third kappa shape index (κ3) is 4.02. The Kier molecular flexibility index (Phi) is 5.98. The molecule has 0 saturated heterocycles. The third-order valence-electron chi connectivity index (χ3n) is 4.83. The summed E-state index contributed by atoms with van der Waals surface area (Å²) in [6.45, 7) is 7.87. The number of nitrogens with two attached hydrogens (primary N) is 1.